The zero-order chi connectivity index (χ0) is 41.0. The van der Waals surface area contributed by atoms with Gasteiger partial charge in [0.05, 0.1) is 33.8 Å². The fraction of sp³-hybridized carbons (Fsp3) is 0.308. The van der Waals surface area contributed by atoms with Crippen LogP contribution in [-0.4, -0.2) is 91.5 Å². The standard InChI is InChI=1S/C52H58N8/c1-5-23-56-27-15-38(16-28-56)49-47-14-13-44(55-47)36-43-10-9-41(53-43)35-42-11-12-45(54-42)37-48-50(39-17-29-57(24-6-2)30-18-39)51(40-19-31-58(25-7-3)32-20-40)52(49)60(48)46-21-33-59(26-8-4)34-22-46/h9-22,27,29,31,33,35-37,53H,5-8,23-26,28,30,32,34H2,1-4H3. The summed E-state index contributed by atoms with van der Waals surface area (Å²) < 4.78 is 2.55. The summed E-state index contributed by atoms with van der Waals surface area (Å²) in [6.45, 7) is 16.5. The third-order valence-electron chi connectivity index (χ3n) is 11.9. The van der Waals surface area contributed by atoms with Crippen molar-refractivity contribution < 1.29 is 0 Å². The number of allylic oxidation sites excluding steroid dienone is 8. The van der Waals surface area contributed by atoms with Crippen molar-refractivity contribution >= 4 is 68.8 Å². The predicted molar refractivity (Wildman–Crippen MR) is 255 cm³/mol. The summed E-state index contributed by atoms with van der Waals surface area (Å²) in [5.41, 5.74) is 16.4. The second-order valence-electron chi connectivity index (χ2n) is 16.4. The molecule has 0 aromatic carbocycles. The fourth-order valence-electron chi connectivity index (χ4n) is 9.07. The van der Waals surface area contributed by atoms with Gasteiger partial charge in [0, 0.05) is 92.0 Å². The summed E-state index contributed by atoms with van der Waals surface area (Å²) in [7, 11) is 0. The van der Waals surface area contributed by atoms with E-state index in [4.69, 9.17) is 9.97 Å². The average Bonchev–Trinajstić information content (AvgIpc) is 4.08. The Kier molecular flexibility index (Phi) is 11.4. The molecule has 8 heteroatoms. The van der Waals surface area contributed by atoms with Gasteiger partial charge in [-0.3, -0.25) is 0 Å². The molecule has 0 saturated heterocycles. The molecule has 3 aromatic rings. The van der Waals surface area contributed by atoms with Crippen LogP contribution in [0.5, 0.6) is 0 Å². The zero-order valence-electron chi connectivity index (χ0n) is 35.7. The molecule has 60 heavy (non-hydrogen) atoms. The molecular weight excluding hydrogens is 737 g/mol. The molecule has 8 nitrogen and oxygen atoms in total. The van der Waals surface area contributed by atoms with Crippen molar-refractivity contribution in [2.45, 2.75) is 53.4 Å². The van der Waals surface area contributed by atoms with Crippen LogP contribution in [0, 0.1) is 0 Å². The summed E-state index contributed by atoms with van der Waals surface area (Å²) in [5.74, 6) is 0. The summed E-state index contributed by atoms with van der Waals surface area (Å²) in [4.78, 5) is 23.9. The Morgan fingerprint density at radius 1 is 0.483 bits per heavy atom. The average molecular weight is 795 g/mol. The maximum atomic E-state index is 5.47. The lowest BCUT2D eigenvalue weighted by Gasteiger charge is -2.25. The molecule has 306 valence electrons. The molecule has 3 aromatic heterocycles. The first-order chi connectivity index (χ1) is 29.5. The molecule has 0 aliphatic carbocycles. The topological polar surface area (TPSA) is 59.5 Å². The van der Waals surface area contributed by atoms with E-state index in [0.717, 1.165) is 134 Å². The largest absolute Gasteiger partial charge is 0.374 e. The second-order valence-corrected chi connectivity index (χ2v) is 16.4. The van der Waals surface area contributed by atoms with E-state index in [1.54, 1.807) is 0 Å². The number of hydrogen-bond donors (Lipinski definition) is 1. The minimum atomic E-state index is 0.840. The predicted octanol–water partition coefficient (Wildman–Crippen LogP) is 11.1. The van der Waals surface area contributed by atoms with E-state index in [-0.39, 0.29) is 0 Å². The molecule has 9 heterocycles. The first-order valence-corrected chi connectivity index (χ1v) is 22.2. The third kappa shape index (κ3) is 8.03. The molecule has 6 aliphatic heterocycles. The Balaban J connectivity index is 1.46. The summed E-state index contributed by atoms with van der Waals surface area (Å²) in [5, 5.41) is 0. The van der Waals surface area contributed by atoms with Gasteiger partial charge < -0.3 is 29.2 Å². The monoisotopic (exact) mass is 794 g/mol. The molecular formula is C52H58N8. The van der Waals surface area contributed by atoms with Crippen molar-refractivity contribution in [2.75, 3.05) is 52.4 Å². The van der Waals surface area contributed by atoms with E-state index in [0.29, 0.717) is 0 Å². The summed E-state index contributed by atoms with van der Waals surface area (Å²) in [6.07, 6.45) is 41.3. The van der Waals surface area contributed by atoms with Gasteiger partial charge in [0.15, 0.2) is 0 Å². The van der Waals surface area contributed by atoms with Crippen LogP contribution < -0.4 is 0 Å². The number of fused-ring (bicyclic) bond motifs is 8. The Morgan fingerprint density at radius 2 is 0.950 bits per heavy atom. The van der Waals surface area contributed by atoms with Gasteiger partial charge in [0.2, 0.25) is 0 Å². The molecule has 0 amide bonds. The van der Waals surface area contributed by atoms with Crippen molar-refractivity contribution in [2.24, 2.45) is 0 Å². The van der Waals surface area contributed by atoms with Crippen LogP contribution in [0.25, 0.3) is 68.8 Å². The highest BCUT2D eigenvalue weighted by Gasteiger charge is 2.29. The highest BCUT2D eigenvalue weighted by molar-refractivity contribution is 6.08. The smallest absolute Gasteiger partial charge is 0.0737 e. The molecule has 0 fully saturated rings. The lowest BCUT2D eigenvalue weighted by molar-refractivity contribution is 0.411. The molecule has 0 unspecified atom stereocenters. The van der Waals surface area contributed by atoms with Crippen molar-refractivity contribution in [3.05, 3.63) is 143 Å². The molecule has 1 N–H and O–H groups in total. The first-order valence-electron chi connectivity index (χ1n) is 22.2. The summed E-state index contributed by atoms with van der Waals surface area (Å²) in [6, 6.07) is 10.8. The number of H-pyrrole nitrogens is 1. The van der Waals surface area contributed by atoms with Crippen LogP contribution in [0.1, 0.15) is 92.8 Å². The fourth-order valence-corrected chi connectivity index (χ4v) is 9.07. The van der Waals surface area contributed by atoms with Crippen molar-refractivity contribution in [1.82, 2.24) is 39.1 Å². The summed E-state index contributed by atoms with van der Waals surface area (Å²) >= 11 is 0. The third-order valence-corrected chi connectivity index (χ3v) is 11.9. The lowest BCUT2D eigenvalue weighted by atomic mass is 9.90. The Hall–Kier alpha value is -6.28. The van der Waals surface area contributed by atoms with Gasteiger partial charge in [0.1, 0.15) is 0 Å². The minimum absolute atomic E-state index is 0.840. The van der Waals surface area contributed by atoms with E-state index in [1.807, 2.05) is 0 Å². The van der Waals surface area contributed by atoms with Gasteiger partial charge in [-0.25, -0.2) is 9.97 Å². The molecule has 0 spiro atoms. The van der Waals surface area contributed by atoms with Crippen molar-refractivity contribution in [1.29, 1.82) is 0 Å². The number of rotatable bonds is 12. The molecule has 9 rings (SSSR count). The zero-order valence-corrected chi connectivity index (χ0v) is 35.7. The number of aromatic nitrogens is 4. The van der Waals surface area contributed by atoms with Gasteiger partial charge in [-0.2, -0.15) is 0 Å². The second kappa shape index (κ2) is 17.5. The Morgan fingerprint density at radius 3 is 1.45 bits per heavy atom. The number of nitrogens with one attached hydrogen (secondary N) is 1. The van der Waals surface area contributed by atoms with Gasteiger partial charge >= 0.3 is 0 Å². The van der Waals surface area contributed by atoms with Gasteiger partial charge in [-0.1, -0.05) is 45.9 Å². The number of aromatic amines is 1. The quantitative estimate of drug-likeness (QED) is 0.136. The van der Waals surface area contributed by atoms with Crippen molar-refractivity contribution in [3.8, 4) is 0 Å². The van der Waals surface area contributed by atoms with Gasteiger partial charge in [-0.15, -0.1) is 0 Å². The Bertz CT molecular complexity index is 2630. The molecule has 0 radical (unpaired) electrons. The highest BCUT2D eigenvalue weighted by atomic mass is 15.1. The SMILES string of the molecule is CCCN1C=CC(c2c(C3=CCN(CCC)C=C3)c3c(C4=CCN(CCC)C=C4)c4nc(cc5ccc(cc6nc(cc2n3C2=CCN(CCC)C=C2)C=C6)[nH]5)C=C4)=CC1. The van der Waals surface area contributed by atoms with Gasteiger partial charge in [-0.05, 0) is 146 Å². The normalized spacial score (nSPS) is 17.1. The van der Waals surface area contributed by atoms with E-state index in [1.165, 1.54) is 27.8 Å². The van der Waals surface area contributed by atoms with Crippen LogP contribution >= 0.6 is 0 Å². The van der Waals surface area contributed by atoms with Crippen molar-refractivity contribution in [3.63, 3.8) is 0 Å². The van der Waals surface area contributed by atoms with E-state index in [2.05, 4.69) is 185 Å². The van der Waals surface area contributed by atoms with Crippen LogP contribution in [-0.2, 0) is 0 Å². The van der Waals surface area contributed by atoms with E-state index >= 15 is 0 Å². The van der Waals surface area contributed by atoms with Gasteiger partial charge in [0.25, 0.3) is 0 Å². The Labute approximate surface area is 355 Å². The van der Waals surface area contributed by atoms with Crippen LogP contribution in [0.15, 0.2) is 104 Å². The lowest BCUT2D eigenvalue weighted by Crippen LogP contribution is -2.21. The molecule has 0 saturated carbocycles. The maximum Gasteiger partial charge on any atom is 0.0737 e. The molecule has 6 aliphatic rings. The van der Waals surface area contributed by atoms with E-state index in [9.17, 15) is 0 Å². The maximum absolute atomic E-state index is 5.47. The minimum Gasteiger partial charge on any atom is -0.374 e. The van der Waals surface area contributed by atoms with Crippen LogP contribution in [0.4, 0.5) is 0 Å². The van der Waals surface area contributed by atoms with E-state index < -0.39 is 0 Å². The molecule has 8 bridgehead atoms. The number of nitrogens with zero attached hydrogens (tertiary/aromatic N) is 7. The molecule has 0 atom stereocenters. The highest BCUT2D eigenvalue weighted by Crippen LogP contribution is 2.45. The first kappa shape index (κ1) is 39.2. The van der Waals surface area contributed by atoms with Crippen LogP contribution in [0.3, 0.4) is 0 Å². The van der Waals surface area contributed by atoms with Crippen LogP contribution in [0.2, 0.25) is 0 Å². The number of hydrogen-bond acceptors (Lipinski definition) is 6.